The Morgan fingerprint density at radius 2 is 1.95 bits per heavy atom. The second-order valence-corrected chi connectivity index (χ2v) is 5.62. The van der Waals surface area contributed by atoms with E-state index in [-0.39, 0.29) is 5.91 Å². The lowest BCUT2D eigenvalue weighted by molar-refractivity contribution is -0.131. The molecular weight excluding hydrogens is 260 g/mol. The Bertz CT molecular complexity index is 411. The third-order valence-corrected chi connectivity index (χ3v) is 3.98. The Labute approximate surface area is 119 Å². The summed E-state index contributed by atoms with van der Waals surface area (Å²) < 4.78 is 0. The van der Waals surface area contributed by atoms with Crippen LogP contribution in [0.4, 0.5) is 0 Å². The molecule has 1 aromatic rings. The van der Waals surface area contributed by atoms with E-state index in [4.69, 9.17) is 11.6 Å². The van der Waals surface area contributed by atoms with Crippen LogP contribution in [0.15, 0.2) is 24.3 Å². The Balaban J connectivity index is 1.83. The number of benzene rings is 1. The molecule has 0 bridgehead atoms. The highest BCUT2D eigenvalue weighted by Gasteiger charge is 2.22. The molecule has 19 heavy (non-hydrogen) atoms. The minimum Gasteiger partial charge on any atom is -0.342 e. The van der Waals surface area contributed by atoms with Gasteiger partial charge in [0.25, 0.3) is 0 Å². The molecule has 104 valence electrons. The Morgan fingerprint density at radius 1 is 1.32 bits per heavy atom. The van der Waals surface area contributed by atoms with Crippen molar-refractivity contribution in [2.75, 3.05) is 26.7 Å². The molecule has 0 unspecified atom stereocenters. The lowest BCUT2D eigenvalue weighted by atomic mass is 9.96. The van der Waals surface area contributed by atoms with Gasteiger partial charge in [-0.05, 0) is 50.0 Å². The zero-order valence-electron chi connectivity index (χ0n) is 11.4. The van der Waals surface area contributed by atoms with Crippen LogP contribution in [0.5, 0.6) is 0 Å². The SMILES string of the molecule is CNCC1CCN(C(=O)Cc2ccc(Cl)cc2)CC1. The van der Waals surface area contributed by atoms with Crippen LogP contribution in [-0.2, 0) is 11.2 Å². The zero-order valence-corrected chi connectivity index (χ0v) is 12.1. The molecule has 3 nitrogen and oxygen atoms in total. The molecule has 1 aliphatic rings. The molecule has 1 N–H and O–H groups in total. The van der Waals surface area contributed by atoms with Gasteiger partial charge in [0, 0.05) is 18.1 Å². The van der Waals surface area contributed by atoms with Crippen LogP contribution < -0.4 is 5.32 Å². The molecule has 1 aromatic carbocycles. The summed E-state index contributed by atoms with van der Waals surface area (Å²) in [6, 6.07) is 7.52. The summed E-state index contributed by atoms with van der Waals surface area (Å²) in [4.78, 5) is 14.2. The number of carbonyl (C=O) groups excluding carboxylic acids is 1. The van der Waals surface area contributed by atoms with E-state index in [0.717, 1.165) is 38.0 Å². The van der Waals surface area contributed by atoms with E-state index < -0.39 is 0 Å². The summed E-state index contributed by atoms with van der Waals surface area (Å²) in [7, 11) is 1.98. The molecule has 0 saturated carbocycles. The van der Waals surface area contributed by atoms with Crippen molar-refractivity contribution in [3.05, 3.63) is 34.9 Å². The van der Waals surface area contributed by atoms with E-state index in [1.807, 2.05) is 36.2 Å². The number of halogens is 1. The lowest BCUT2D eigenvalue weighted by Crippen LogP contribution is -2.41. The average molecular weight is 281 g/mol. The quantitative estimate of drug-likeness (QED) is 0.918. The predicted octanol–water partition coefficient (Wildman–Crippen LogP) is 2.34. The highest BCUT2D eigenvalue weighted by Crippen LogP contribution is 2.18. The van der Waals surface area contributed by atoms with Crippen LogP contribution in [0.3, 0.4) is 0 Å². The highest BCUT2D eigenvalue weighted by atomic mass is 35.5. The molecule has 2 rings (SSSR count). The second kappa shape index (κ2) is 6.92. The second-order valence-electron chi connectivity index (χ2n) is 5.19. The predicted molar refractivity (Wildman–Crippen MR) is 78.4 cm³/mol. The number of nitrogens with zero attached hydrogens (tertiary/aromatic N) is 1. The van der Waals surface area contributed by atoms with Gasteiger partial charge in [-0.3, -0.25) is 4.79 Å². The molecule has 1 aliphatic heterocycles. The molecule has 0 atom stereocenters. The largest absolute Gasteiger partial charge is 0.342 e. The molecule has 0 radical (unpaired) electrons. The molecule has 1 saturated heterocycles. The molecule has 1 fully saturated rings. The Kier molecular flexibility index (Phi) is 5.23. The van der Waals surface area contributed by atoms with Crippen LogP contribution in [0.1, 0.15) is 18.4 Å². The number of amides is 1. The van der Waals surface area contributed by atoms with Gasteiger partial charge in [-0.25, -0.2) is 0 Å². The summed E-state index contributed by atoms with van der Waals surface area (Å²) >= 11 is 5.84. The van der Waals surface area contributed by atoms with Gasteiger partial charge < -0.3 is 10.2 Å². The van der Waals surface area contributed by atoms with Crippen molar-refractivity contribution in [1.82, 2.24) is 10.2 Å². The average Bonchev–Trinajstić information content (AvgIpc) is 2.42. The molecule has 4 heteroatoms. The normalized spacial score (nSPS) is 16.6. The fraction of sp³-hybridized carbons (Fsp3) is 0.533. The third-order valence-electron chi connectivity index (χ3n) is 3.73. The van der Waals surface area contributed by atoms with Crippen LogP contribution >= 0.6 is 11.6 Å². The van der Waals surface area contributed by atoms with E-state index in [0.29, 0.717) is 17.4 Å². The standard InChI is InChI=1S/C15H21ClN2O/c1-17-11-13-6-8-18(9-7-13)15(19)10-12-2-4-14(16)5-3-12/h2-5,13,17H,6-11H2,1H3. The number of carbonyl (C=O) groups is 1. The number of piperidine rings is 1. The van der Waals surface area contributed by atoms with Crippen LogP contribution in [-0.4, -0.2) is 37.5 Å². The number of nitrogens with one attached hydrogen (secondary N) is 1. The van der Waals surface area contributed by atoms with Crippen molar-refractivity contribution in [3.8, 4) is 0 Å². The van der Waals surface area contributed by atoms with Crippen molar-refractivity contribution in [1.29, 1.82) is 0 Å². The van der Waals surface area contributed by atoms with Crippen molar-refractivity contribution in [2.45, 2.75) is 19.3 Å². The maximum absolute atomic E-state index is 12.2. The molecule has 1 amide bonds. The van der Waals surface area contributed by atoms with E-state index in [1.165, 1.54) is 0 Å². The fourth-order valence-corrected chi connectivity index (χ4v) is 2.69. The Hall–Kier alpha value is -1.06. The smallest absolute Gasteiger partial charge is 0.226 e. The number of rotatable bonds is 4. The van der Waals surface area contributed by atoms with Crippen molar-refractivity contribution in [2.24, 2.45) is 5.92 Å². The van der Waals surface area contributed by atoms with Gasteiger partial charge in [0.15, 0.2) is 0 Å². The van der Waals surface area contributed by atoms with Gasteiger partial charge in [-0.15, -0.1) is 0 Å². The van der Waals surface area contributed by atoms with E-state index in [9.17, 15) is 4.79 Å². The van der Waals surface area contributed by atoms with Gasteiger partial charge in [0.2, 0.25) is 5.91 Å². The van der Waals surface area contributed by atoms with Crippen molar-refractivity contribution in [3.63, 3.8) is 0 Å². The van der Waals surface area contributed by atoms with E-state index in [2.05, 4.69) is 5.32 Å². The minimum absolute atomic E-state index is 0.227. The number of hydrogen-bond donors (Lipinski definition) is 1. The first kappa shape index (κ1) is 14.4. The third kappa shape index (κ3) is 4.22. The van der Waals surface area contributed by atoms with Crippen LogP contribution in [0, 0.1) is 5.92 Å². The van der Waals surface area contributed by atoms with Crippen molar-refractivity contribution < 1.29 is 4.79 Å². The van der Waals surface area contributed by atoms with Gasteiger partial charge in [-0.1, -0.05) is 23.7 Å². The first-order valence-electron chi connectivity index (χ1n) is 6.86. The number of likely N-dealkylation sites (tertiary alicyclic amines) is 1. The summed E-state index contributed by atoms with van der Waals surface area (Å²) in [5.41, 5.74) is 1.03. The molecule has 1 heterocycles. The van der Waals surface area contributed by atoms with E-state index in [1.54, 1.807) is 0 Å². The van der Waals surface area contributed by atoms with Gasteiger partial charge in [0.05, 0.1) is 6.42 Å². The monoisotopic (exact) mass is 280 g/mol. The molecule has 0 spiro atoms. The molecular formula is C15H21ClN2O. The first-order chi connectivity index (χ1) is 9.19. The van der Waals surface area contributed by atoms with Crippen molar-refractivity contribution >= 4 is 17.5 Å². The van der Waals surface area contributed by atoms with E-state index >= 15 is 0 Å². The van der Waals surface area contributed by atoms with Gasteiger partial charge in [-0.2, -0.15) is 0 Å². The van der Waals surface area contributed by atoms with Gasteiger partial charge >= 0.3 is 0 Å². The zero-order chi connectivity index (χ0) is 13.7. The topological polar surface area (TPSA) is 32.3 Å². The van der Waals surface area contributed by atoms with Gasteiger partial charge in [0.1, 0.15) is 0 Å². The minimum atomic E-state index is 0.227. The summed E-state index contributed by atoms with van der Waals surface area (Å²) in [5, 5.41) is 3.92. The summed E-state index contributed by atoms with van der Waals surface area (Å²) in [6.45, 7) is 2.83. The maximum atomic E-state index is 12.2. The summed E-state index contributed by atoms with van der Waals surface area (Å²) in [5.74, 6) is 0.940. The maximum Gasteiger partial charge on any atom is 0.226 e. The lowest BCUT2D eigenvalue weighted by Gasteiger charge is -2.32. The highest BCUT2D eigenvalue weighted by molar-refractivity contribution is 6.30. The first-order valence-corrected chi connectivity index (χ1v) is 7.23. The van der Waals surface area contributed by atoms with Crippen LogP contribution in [0.2, 0.25) is 5.02 Å². The Morgan fingerprint density at radius 3 is 2.53 bits per heavy atom. The molecule has 0 aromatic heterocycles. The fourth-order valence-electron chi connectivity index (χ4n) is 2.56. The number of hydrogen-bond acceptors (Lipinski definition) is 2. The summed E-state index contributed by atoms with van der Waals surface area (Å²) in [6.07, 6.45) is 2.69. The molecule has 0 aliphatic carbocycles. The van der Waals surface area contributed by atoms with Crippen LogP contribution in [0.25, 0.3) is 0 Å².